The molecule has 0 bridgehead atoms. The SMILES string of the molecule is Cc1cccc2nc(N3CC4CCCC(N)C4C3)nn12. The van der Waals surface area contributed by atoms with E-state index >= 15 is 0 Å². The average Bonchev–Trinajstić information content (AvgIpc) is 3.03. The summed E-state index contributed by atoms with van der Waals surface area (Å²) in [7, 11) is 0. The number of hydrogen-bond donors (Lipinski definition) is 1. The maximum absolute atomic E-state index is 6.29. The van der Waals surface area contributed by atoms with Crippen molar-refractivity contribution in [1.29, 1.82) is 0 Å². The van der Waals surface area contributed by atoms with Gasteiger partial charge in [0.2, 0.25) is 5.95 Å². The molecule has 1 saturated carbocycles. The van der Waals surface area contributed by atoms with Crippen molar-refractivity contribution < 1.29 is 0 Å². The zero-order valence-electron chi connectivity index (χ0n) is 11.9. The van der Waals surface area contributed by atoms with E-state index in [1.54, 1.807) is 0 Å². The Morgan fingerprint density at radius 2 is 2.15 bits per heavy atom. The third-order valence-corrected chi connectivity index (χ3v) is 4.97. The highest BCUT2D eigenvalue weighted by Crippen LogP contribution is 2.36. The van der Waals surface area contributed by atoms with Gasteiger partial charge in [-0.05, 0) is 43.7 Å². The molecule has 5 nitrogen and oxygen atoms in total. The first-order valence-corrected chi connectivity index (χ1v) is 7.55. The lowest BCUT2D eigenvalue weighted by Crippen LogP contribution is -2.38. The van der Waals surface area contributed by atoms with Crippen LogP contribution < -0.4 is 10.6 Å². The van der Waals surface area contributed by atoms with Crippen molar-refractivity contribution in [3.63, 3.8) is 0 Å². The molecule has 0 radical (unpaired) electrons. The second kappa shape index (κ2) is 4.45. The first-order valence-electron chi connectivity index (χ1n) is 7.55. The molecule has 0 aromatic carbocycles. The Hall–Kier alpha value is -1.62. The zero-order chi connectivity index (χ0) is 13.7. The lowest BCUT2D eigenvalue weighted by Gasteiger charge is -2.29. The largest absolute Gasteiger partial charge is 0.339 e. The lowest BCUT2D eigenvalue weighted by atomic mass is 9.78. The van der Waals surface area contributed by atoms with Gasteiger partial charge in [-0.3, -0.25) is 0 Å². The van der Waals surface area contributed by atoms with Gasteiger partial charge < -0.3 is 10.6 Å². The topological polar surface area (TPSA) is 59.5 Å². The van der Waals surface area contributed by atoms with Crippen LogP contribution >= 0.6 is 0 Å². The minimum Gasteiger partial charge on any atom is -0.339 e. The Morgan fingerprint density at radius 1 is 1.25 bits per heavy atom. The molecular formula is C15H21N5. The smallest absolute Gasteiger partial charge is 0.245 e. The van der Waals surface area contributed by atoms with E-state index < -0.39 is 0 Å². The van der Waals surface area contributed by atoms with Crippen LogP contribution in [-0.4, -0.2) is 33.7 Å². The summed E-state index contributed by atoms with van der Waals surface area (Å²) >= 11 is 0. The minimum atomic E-state index is 0.359. The molecule has 3 unspecified atom stereocenters. The number of aromatic nitrogens is 3. The molecule has 106 valence electrons. The molecule has 2 aromatic heterocycles. The van der Waals surface area contributed by atoms with Gasteiger partial charge in [0.15, 0.2) is 5.65 Å². The lowest BCUT2D eigenvalue weighted by molar-refractivity contribution is 0.260. The summed E-state index contributed by atoms with van der Waals surface area (Å²) in [5.41, 5.74) is 8.34. The van der Waals surface area contributed by atoms with E-state index in [-0.39, 0.29) is 0 Å². The van der Waals surface area contributed by atoms with Gasteiger partial charge in [0.1, 0.15) is 0 Å². The van der Waals surface area contributed by atoms with Crippen molar-refractivity contribution in [2.45, 2.75) is 32.2 Å². The third-order valence-electron chi connectivity index (χ3n) is 4.97. The summed E-state index contributed by atoms with van der Waals surface area (Å²) in [5, 5.41) is 4.67. The predicted molar refractivity (Wildman–Crippen MR) is 78.7 cm³/mol. The Morgan fingerprint density at radius 3 is 2.95 bits per heavy atom. The van der Waals surface area contributed by atoms with Crippen LogP contribution in [0, 0.1) is 18.8 Å². The molecule has 3 atom stereocenters. The summed E-state index contributed by atoms with van der Waals surface area (Å²) < 4.78 is 1.93. The summed E-state index contributed by atoms with van der Waals surface area (Å²) in [4.78, 5) is 7.00. The number of nitrogens with two attached hydrogens (primary N) is 1. The fourth-order valence-electron chi connectivity index (χ4n) is 3.84. The molecule has 3 heterocycles. The summed E-state index contributed by atoms with van der Waals surface area (Å²) in [6.07, 6.45) is 3.75. The van der Waals surface area contributed by atoms with E-state index in [4.69, 9.17) is 5.73 Å². The van der Waals surface area contributed by atoms with Crippen molar-refractivity contribution in [1.82, 2.24) is 14.6 Å². The standard InChI is InChI=1S/C15H21N5/c1-10-4-2-7-14-17-15(18-20(10)14)19-8-11-5-3-6-13(16)12(11)9-19/h2,4,7,11-13H,3,5-6,8-9,16H2,1H3. The molecule has 2 fully saturated rings. The van der Waals surface area contributed by atoms with Gasteiger partial charge in [0.25, 0.3) is 0 Å². The minimum absolute atomic E-state index is 0.359. The van der Waals surface area contributed by atoms with E-state index in [0.717, 1.165) is 36.3 Å². The van der Waals surface area contributed by atoms with E-state index in [9.17, 15) is 0 Å². The Kier molecular flexibility index (Phi) is 2.70. The van der Waals surface area contributed by atoms with Gasteiger partial charge in [-0.15, -0.1) is 5.10 Å². The maximum Gasteiger partial charge on any atom is 0.245 e. The summed E-state index contributed by atoms with van der Waals surface area (Å²) in [6, 6.07) is 6.46. The second-order valence-electron chi connectivity index (χ2n) is 6.27. The Bertz CT molecular complexity index is 634. The van der Waals surface area contributed by atoms with Crippen LogP contribution in [-0.2, 0) is 0 Å². The molecule has 0 spiro atoms. The van der Waals surface area contributed by atoms with Gasteiger partial charge in [0.05, 0.1) is 0 Å². The van der Waals surface area contributed by atoms with E-state index in [1.807, 2.05) is 16.6 Å². The summed E-state index contributed by atoms with van der Waals surface area (Å²) in [6.45, 7) is 4.14. The van der Waals surface area contributed by atoms with Crippen molar-refractivity contribution in [3.8, 4) is 0 Å². The third kappa shape index (κ3) is 1.80. The fourth-order valence-corrected chi connectivity index (χ4v) is 3.84. The molecule has 1 saturated heterocycles. The molecule has 0 amide bonds. The van der Waals surface area contributed by atoms with Gasteiger partial charge in [-0.25, -0.2) is 4.52 Å². The fraction of sp³-hybridized carbons (Fsp3) is 0.600. The van der Waals surface area contributed by atoms with Crippen LogP contribution in [0.2, 0.25) is 0 Å². The monoisotopic (exact) mass is 271 g/mol. The van der Waals surface area contributed by atoms with Gasteiger partial charge in [0, 0.05) is 24.8 Å². The second-order valence-corrected chi connectivity index (χ2v) is 6.27. The van der Waals surface area contributed by atoms with Crippen molar-refractivity contribution >= 4 is 11.6 Å². The van der Waals surface area contributed by atoms with Crippen molar-refractivity contribution in [2.75, 3.05) is 18.0 Å². The van der Waals surface area contributed by atoms with Crippen LogP contribution in [0.25, 0.3) is 5.65 Å². The molecule has 20 heavy (non-hydrogen) atoms. The van der Waals surface area contributed by atoms with Crippen molar-refractivity contribution in [3.05, 3.63) is 23.9 Å². The van der Waals surface area contributed by atoms with Gasteiger partial charge >= 0.3 is 0 Å². The molecule has 1 aliphatic carbocycles. The normalized spacial score (nSPS) is 29.9. The maximum atomic E-state index is 6.29. The van der Waals surface area contributed by atoms with E-state index in [1.165, 1.54) is 19.3 Å². The van der Waals surface area contributed by atoms with Crippen molar-refractivity contribution in [2.24, 2.45) is 17.6 Å². The molecule has 2 aliphatic rings. The highest BCUT2D eigenvalue weighted by Gasteiger charge is 2.39. The van der Waals surface area contributed by atoms with Gasteiger partial charge in [-0.1, -0.05) is 12.5 Å². The molecule has 5 heteroatoms. The number of hydrogen-bond acceptors (Lipinski definition) is 4. The molecule has 1 aliphatic heterocycles. The van der Waals surface area contributed by atoms with Crippen LogP contribution in [0.15, 0.2) is 18.2 Å². The number of anilines is 1. The molecular weight excluding hydrogens is 250 g/mol. The number of aryl methyl sites for hydroxylation is 1. The first-order chi connectivity index (χ1) is 9.72. The van der Waals surface area contributed by atoms with Crippen LogP contribution in [0.1, 0.15) is 25.0 Å². The Labute approximate surface area is 118 Å². The predicted octanol–water partition coefficient (Wildman–Crippen LogP) is 1.60. The summed E-state index contributed by atoms with van der Waals surface area (Å²) in [5.74, 6) is 2.21. The van der Waals surface area contributed by atoms with Crippen LogP contribution in [0.3, 0.4) is 0 Å². The number of nitrogens with zero attached hydrogens (tertiary/aromatic N) is 4. The number of rotatable bonds is 1. The number of pyridine rings is 1. The highest BCUT2D eigenvalue weighted by atomic mass is 15.4. The quantitative estimate of drug-likeness (QED) is 0.856. The Balaban J connectivity index is 1.65. The number of fused-ring (bicyclic) bond motifs is 2. The molecule has 2 N–H and O–H groups in total. The van der Waals surface area contributed by atoms with E-state index in [2.05, 4.69) is 28.0 Å². The highest BCUT2D eigenvalue weighted by molar-refractivity contribution is 5.46. The van der Waals surface area contributed by atoms with Crippen LogP contribution in [0.5, 0.6) is 0 Å². The van der Waals surface area contributed by atoms with E-state index in [0.29, 0.717) is 12.0 Å². The molecule has 2 aromatic rings. The molecule has 4 rings (SSSR count). The zero-order valence-corrected chi connectivity index (χ0v) is 11.9. The van der Waals surface area contributed by atoms with Gasteiger partial charge in [-0.2, -0.15) is 4.98 Å². The average molecular weight is 271 g/mol. The van der Waals surface area contributed by atoms with Crippen LogP contribution in [0.4, 0.5) is 5.95 Å². The first kappa shape index (κ1) is 12.1.